The van der Waals surface area contributed by atoms with Gasteiger partial charge >= 0.3 is 0 Å². The molecule has 0 spiro atoms. The number of nitrogens with zero attached hydrogens (tertiary/aromatic N) is 7. The zero-order chi connectivity index (χ0) is 61.0. The van der Waals surface area contributed by atoms with Crippen LogP contribution in [-0.2, 0) is 44.9 Å². The fourth-order valence-electron chi connectivity index (χ4n) is 11.0. The molecule has 0 fully saturated rings. The molecule has 0 heterocycles. The van der Waals surface area contributed by atoms with E-state index in [1.54, 1.807) is 0 Å². The predicted octanol–water partition coefficient (Wildman–Crippen LogP) is 10.6. The molecular weight excluding hydrogens is 1110 g/mol. The van der Waals surface area contributed by atoms with E-state index in [0.29, 0.717) is 0 Å². The molecule has 0 saturated carbocycles. The molecule has 434 valence electrons. The van der Waals surface area contributed by atoms with Crippen LogP contribution in [0.2, 0.25) is 0 Å². The van der Waals surface area contributed by atoms with E-state index in [0.717, 1.165) is 0 Å². The van der Waals surface area contributed by atoms with Crippen molar-refractivity contribution in [1.82, 2.24) is 0 Å². The lowest BCUT2D eigenvalue weighted by Gasteiger charge is -2.21. The number of non-ortho nitro benzene ring substituents is 7. The van der Waals surface area contributed by atoms with E-state index in [2.05, 4.69) is 0 Å². The van der Waals surface area contributed by atoms with Gasteiger partial charge in [-0.3, -0.25) is 70.8 Å². The Labute approximate surface area is 474 Å². The van der Waals surface area contributed by atoms with Gasteiger partial charge in [0.2, 0.25) is 0 Å². The van der Waals surface area contributed by atoms with Crippen LogP contribution in [0.4, 0.5) is 39.8 Å². The van der Waals surface area contributed by atoms with Crippen LogP contribution in [0.3, 0.4) is 0 Å². The maximum absolute atomic E-state index is 12.7. The number of hydrogen-bond acceptors (Lipinski definition) is 21. The van der Waals surface area contributed by atoms with Gasteiger partial charge in [-0.25, -0.2) is 0 Å². The molecule has 7 aromatic rings. The van der Waals surface area contributed by atoms with Crippen LogP contribution < -0.4 is 33.2 Å². The highest BCUT2D eigenvalue weighted by atomic mass is 16.7. The van der Waals surface area contributed by atoms with Gasteiger partial charge in [0.1, 0.15) is 40.2 Å². The minimum absolute atomic E-state index is 0.00781. The number of ether oxygens (including phenoxy) is 7. The van der Waals surface area contributed by atoms with Crippen molar-refractivity contribution in [3.05, 3.63) is 234 Å². The smallest absolute Gasteiger partial charge is 0.270 e. The lowest BCUT2D eigenvalue weighted by molar-refractivity contribution is -0.385. The van der Waals surface area contributed by atoms with E-state index < -0.39 is 74.3 Å². The van der Waals surface area contributed by atoms with Crippen LogP contribution in [0, 0.1) is 70.8 Å². The first-order valence-electron chi connectivity index (χ1n) is 24.9. The topological polar surface area (TPSA) is 367 Å². The van der Waals surface area contributed by atoms with Gasteiger partial charge in [-0.15, -0.1) is 0 Å². The molecule has 0 unspecified atom stereocenters. The molecule has 0 atom stereocenters. The molecule has 28 nitrogen and oxygen atoms in total. The Balaban J connectivity index is 1.49. The van der Waals surface area contributed by atoms with Crippen LogP contribution in [0.5, 0.6) is 40.2 Å². The highest BCUT2D eigenvalue weighted by Crippen LogP contribution is 2.45. The summed E-state index contributed by atoms with van der Waals surface area (Å²) >= 11 is 0. The van der Waals surface area contributed by atoms with E-state index in [9.17, 15) is 70.8 Å². The Morgan fingerprint density at radius 1 is 0.214 bits per heavy atom. The fourth-order valence-corrected chi connectivity index (χ4v) is 11.0. The summed E-state index contributed by atoms with van der Waals surface area (Å²) in [7, 11) is 8.82. The van der Waals surface area contributed by atoms with Gasteiger partial charge in [0.25, 0.3) is 39.8 Å². The van der Waals surface area contributed by atoms with Crippen molar-refractivity contribution >= 4 is 39.8 Å². The largest absolute Gasteiger partial charge is 0.496 e. The van der Waals surface area contributed by atoms with Crippen LogP contribution in [0.15, 0.2) is 84.9 Å². The first-order chi connectivity index (χ1) is 40.0. The van der Waals surface area contributed by atoms with Crippen molar-refractivity contribution in [2.24, 2.45) is 0 Å². The Bertz CT molecular complexity index is 3060. The molecule has 0 aliphatic heterocycles. The third kappa shape index (κ3) is 11.9. The minimum Gasteiger partial charge on any atom is -0.496 e. The summed E-state index contributed by atoms with van der Waals surface area (Å²) in [5.74, 6) is 0.0547. The maximum Gasteiger partial charge on any atom is 0.270 e. The van der Waals surface area contributed by atoms with E-state index in [1.165, 1.54) is 135 Å². The van der Waals surface area contributed by atoms with Crippen molar-refractivity contribution in [3.63, 3.8) is 0 Å². The summed E-state index contributed by atoms with van der Waals surface area (Å²) in [4.78, 5) is 84.3. The summed E-state index contributed by atoms with van der Waals surface area (Å²) in [6.07, 6.45) is -2.45. The van der Waals surface area contributed by atoms with E-state index in [-0.39, 0.29) is 163 Å². The number of nitro benzene ring substituents is 7. The molecule has 7 aromatic carbocycles. The van der Waals surface area contributed by atoms with Gasteiger partial charge in [0.05, 0.1) is 84.2 Å². The van der Waals surface area contributed by atoms with Crippen LogP contribution in [-0.4, -0.2) is 84.2 Å². The summed E-state index contributed by atoms with van der Waals surface area (Å²) in [6.45, 7) is 0. The number of benzene rings is 7. The second-order valence-corrected chi connectivity index (χ2v) is 19.1. The predicted molar refractivity (Wildman–Crippen MR) is 297 cm³/mol. The quantitative estimate of drug-likeness (QED) is 0.0721. The van der Waals surface area contributed by atoms with Gasteiger partial charge in [0.15, 0.2) is 0 Å². The number of fused-ring (bicyclic) bond motifs is 14. The maximum atomic E-state index is 12.7. The summed E-state index contributed by atoms with van der Waals surface area (Å²) in [5, 5.41) is 89.2. The van der Waals surface area contributed by atoms with E-state index >= 15 is 0 Å². The van der Waals surface area contributed by atoms with E-state index in [1.807, 2.05) is 0 Å². The molecule has 8 rings (SSSR count). The molecule has 1 aliphatic rings. The Morgan fingerprint density at radius 2 is 0.298 bits per heavy atom. The number of nitro groups is 7. The van der Waals surface area contributed by atoms with Gasteiger partial charge in [0, 0.05) is 208 Å². The second kappa shape index (κ2) is 24.3. The van der Waals surface area contributed by atoms with Crippen LogP contribution in [0.25, 0.3) is 0 Å². The SMILES string of the molecule is COc1c2cc([N+](=O)[O-])cc1Cc1cc([N+](=O)[O-])cc(c1OC)Cc1cc([N+](=O)[O-])cc(c1OC)Cc1cc([N+](=O)[O-])cc(c1OC)Cc1cc([N+](=O)[O-])cc(c1OC)Cc1cc([N+](=O)[O-])cc(c1OC)Cc1cc([N+](=O)[O-])cc(c1OC)C2. The van der Waals surface area contributed by atoms with Crippen molar-refractivity contribution in [3.8, 4) is 40.2 Å². The average molecular weight is 1160 g/mol. The fraction of sp³-hybridized carbons (Fsp3) is 0.250. The average Bonchev–Trinajstić information content (AvgIpc) is 1.94. The molecule has 84 heavy (non-hydrogen) atoms. The molecule has 0 N–H and O–H groups in total. The Morgan fingerprint density at radius 3 is 0.357 bits per heavy atom. The number of rotatable bonds is 14. The third-order valence-corrected chi connectivity index (χ3v) is 14.2. The monoisotopic (exact) mass is 1160 g/mol. The Hall–Kier alpha value is -11.1. The molecule has 0 saturated heterocycles. The Kier molecular flexibility index (Phi) is 17.1. The summed E-state index contributed by atoms with van der Waals surface area (Å²) in [6, 6.07) is 16.5. The summed E-state index contributed by atoms with van der Waals surface area (Å²) in [5.41, 5.74) is -2.17. The zero-order valence-electron chi connectivity index (χ0n) is 45.7. The lowest BCUT2D eigenvalue weighted by Crippen LogP contribution is -2.08. The highest BCUT2D eigenvalue weighted by Gasteiger charge is 2.31. The van der Waals surface area contributed by atoms with Crippen molar-refractivity contribution < 1.29 is 67.6 Å². The summed E-state index contributed by atoms with van der Waals surface area (Å²) < 4.78 is 41.5. The van der Waals surface area contributed by atoms with Crippen molar-refractivity contribution in [1.29, 1.82) is 0 Å². The standard InChI is InChI=1S/C56H49N7O21/c1-78-50-29-8-31-17-44(58(66)67)19-33(51(31)79-2)10-35-21-46(60(70)71)23-37(53(35)81-4)12-39-25-48(62(74)75)27-41(55(39)83-6)14-42-28-49(63(76)77)26-40(56(42)84-7)13-38-24-47(61(72)73)22-36(54(38)82-5)11-34-20-45(59(68)69)18-32(52(34)80-3)9-30(50)16-43(15-29)57(64)65/h15-28H,8-14H2,1-7H3. The van der Waals surface area contributed by atoms with Gasteiger partial charge in [-0.2, -0.15) is 0 Å². The minimum atomic E-state index is -0.701. The van der Waals surface area contributed by atoms with Gasteiger partial charge < -0.3 is 33.2 Å². The number of methoxy groups -OCH3 is 7. The van der Waals surface area contributed by atoms with Crippen LogP contribution in [0.1, 0.15) is 77.9 Å². The first kappa shape index (κ1) is 59.1. The molecule has 1 aliphatic carbocycles. The molecule has 0 aromatic heterocycles. The van der Waals surface area contributed by atoms with Crippen molar-refractivity contribution in [2.45, 2.75) is 44.9 Å². The lowest BCUT2D eigenvalue weighted by atomic mass is 9.90. The molecule has 0 radical (unpaired) electrons. The molecule has 14 bridgehead atoms. The van der Waals surface area contributed by atoms with Crippen molar-refractivity contribution in [2.75, 3.05) is 49.8 Å². The molecule has 0 amide bonds. The highest BCUT2D eigenvalue weighted by molar-refractivity contribution is 5.65. The second-order valence-electron chi connectivity index (χ2n) is 19.1. The van der Waals surface area contributed by atoms with Gasteiger partial charge in [-0.05, 0) is 0 Å². The normalized spacial score (nSPS) is 12.1. The first-order valence-corrected chi connectivity index (χ1v) is 24.9. The molecular formula is C56H49N7O21. The van der Waals surface area contributed by atoms with Gasteiger partial charge in [-0.1, -0.05) is 0 Å². The van der Waals surface area contributed by atoms with Crippen LogP contribution >= 0.6 is 0 Å². The number of hydrogen-bond donors (Lipinski definition) is 0. The third-order valence-electron chi connectivity index (χ3n) is 14.2. The van der Waals surface area contributed by atoms with E-state index in [4.69, 9.17) is 33.2 Å². The molecule has 28 heteroatoms. The zero-order valence-corrected chi connectivity index (χ0v) is 45.7.